The third-order valence-electron chi connectivity index (χ3n) is 2.83. The largest absolute Gasteiger partial charge is 0.103 e. The summed E-state index contributed by atoms with van der Waals surface area (Å²) in [6.45, 7) is 7.62. The minimum Gasteiger partial charge on any atom is -0.103 e. The molecule has 1 aromatic rings. The van der Waals surface area contributed by atoms with E-state index in [0.717, 1.165) is 19.3 Å². The van der Waals surface area contributed by atoms with Gasteiger partial charge in [-0.05, 0) is 41.5 Å². The SMILES string of the molecule is C=CCc1cc2c(cc1CC=C)CC=C2. The van der Waals surface area contributed by atoms with Crippen molar-refractivity contribution in [3.63, 3.8) is 0 Å². The lowest BCUT2D eigenvalue weighted by atomic mass is 9.96. The van der Waals surface area contributed by atoms with E-state index in [1.54, 1.807) is 0 Å². The van der Waals surface area contributed by atoms with Crippen molar-refractivity contribution in [3.05, 3.63) is 65.8 Å². The molecule has 0 saturated carbocycles. The second-order valence-corrected chi connectivity index (χ2v) is 3.91. The second kappa shape index (κ2) is 4.31. The molecule has 0 nitrogen and oxygen atoms in total. The first-order valence-electron chi connectivity index (χ1n) is 5.38. The highest BCUT2D eigenvalue weighted by Crippen LogP contribution is 2.25. The van der Waals surface area contributed by atoms with Crippen molar-refractivity contribution in [1.82, 2.24) is 0 Å². The molecule has 0 aliphatic heterocycles. The fraction of sp³-hybridized carbons (Fsp3) is 0.200. The molecule has 0 atom stereocenters. The number of hydrogen-bond donors (Lipinski definition) is 0. The molecule has 0 saturated heterocycles. The summed E-state index contributed by atoms with van der Waals surface area (Å²) in [5.41, 5.74) is 5.60. The van der Waals surface area contributed by atoms with Gasteiger partial charge in [0.15, 0.2) is 0 Å². The van der Waals surface area contributed by atoms with Gasteiger partial charge in [-0.2, -0.15) is 0 Å². The highest BCUT2D eigenvalue weighted by Gasteiger charge is 2.09. The van der Waals surface area contributed by atoms with E-state index in [0.29, 0.717) is 0 Å². The first-order valence-corrected chi connectivity index (χ1v) is 5.38. The highest BCUT2D eigenvalue weighted by atomic mass is 14.1. The molecule has 0 amide bonds. The van der Waals surface area contributed by atoms with Crippen LogP contribution in [-0.4, -0.2) is 0 Å². The molecule has 0 heterocycles. The van der Waals surface area contributed by atoms with Crippen LogP contribution in [0.25, 0.3) is 6.08 Å². The topological polar surface area (TPSA) is 0 Å². The van der Waals surface area contributed by atoms with Crippen molar-refractivity contribution >= 4 is 6.08 Å². The quantitative estimate of drug-likeness (QED) is 0.644. The Balaban J connectivity index is 2.44. The maximum Gasteiger partial charge on any atom is -0.00881 e. The van der Waals surface area contributed by atoms with Crippen molar-refractivity contribution in [2.45, 2.75) is 19.3 Å². The summed E-state index contributed by atoms with van der Waals surface area (Å²) < 4.78 is 0. The number of benzene rings is 1. The molecular weight excluding hydrogens is 180 g/mol. The Morgan fingerprint density at radius 2 is 1.73 bits per heavy atom. The van der Waals surface area contributed by atoms with Crippen molar-refractivity contribution in [1.29, 1.82) is 0 Å². The van der Waals surface area contributed by atoms with Gasteiger partial charge >= 0.3 is 0 Å². The lowest BCUT2D eigenvalue weighted by molar-refractivity contribution is 1.13. The molecule has 0 unspecified atom stereocenters. The minimum atomic E-state index is 0.949. The Hall–Kier alpha value is -1.56. The molecule has 76 valence electrons. The summed E-state index contributed by atoms with van der Waals surface area (Å²) in [4.78, 5) is 0. The Morgan fingerprint density at radius 3 is 2.40 bits per heavy atom. The Morgan fingerprint density at radius 1 is 1.07 bits per heavy atom. The summed E-state index contributed by atoms with van der Waals surface area (Å²) in [5.74, 6) is 0. The van der Waals surface area contributed by atoms with Gasteiger partial charge in [0.25, 0.3) is 0 Å². The molecule has 1 aliphatic rings. The first-order chi connectivity index (χ1) is 7.35. The van der Waals surface area contributed by atoms with Crippen LogP contribution in [0.2, 0.25) is 0 Å². The van der Waals surface area contributed by atoms with E-state index < -0.39 is 0 Å². The molecule has 0 heteroatoms. The molecule has 0 N–H and O–H groups in total. The van der Waals surface area contributed by atoms with Gasteiger partial charge in [0.2, 0.25) is 0 Å². The molecule has 1 aromatic carbocycles. The lowest BCUT2D eigenvalue weighted by Gasteiger charge is -2.09. The fourth-order valence-electron chi connectivity index (χ4n) is 2.10. The van der Waals surface area contributed by atoms with E-state index in [-0.39, 0.29) is 0 Å². The number of rotatable bonds is 4. The summed E-state index contributed by atoms with van der Waals surface area (Å²) in [6.07, 6.45) is 11.3. The zero-order valence-electron chi connectivity index (χ0n) is 9.00. The third kappa shape index (κ3) is 1.94. The molecule has 0 radical (unpaired) electrons. The van der Waals surface area contributed by atoms with E-state index in [1.807, 2.05) is 12.2 Å². The van der Waals surface area contributed by atoms with Crippen molar-refractivity contribution in [2.24, 2.45) is 0 Å². The van der Waals surface area contributed by atoms with Crippen LogP contribution < -0.4 is 0 Å². The molecule has 0 aromatic heterocycles. The molecule has 1 aliphatic carbocycles. The highest BCUT2D eigenvalue weighted by molar-refractivity contribution is 5.62. The standard InChI is InChI=1S/C15H16/c1-3-6-12-10-14-8-5-9-15(14)11-13(12)7-4-2/h3-5,8,10-11H,1-2,6-7,9H2. The molecule has 0 bridgehead atoms. The predicted octanol–water partition coefficient (Wildman–Crippen LogP) is 3.71. The summed E-state index contributed by atoms with van der Waals surface area (Å²) in [6, 6.07) is 4.61. The predicted molar refractivity (Wildman–Crippen MR) is 67.0 cm³/mol. The zero-order chi connectivity index (χ0) is 10.7. The van der Waals surface area contributed by atoms with E-state index in [9.17, 15) is 0 Å². The maximum absolute atomic E-state index is 3.81. The average Bonchev–Trinajstić information content (AvgIpc) is 2.66. The second-order valence-electron chi connectivity index (χ2n) is 3.91. The maximum atomic E-state index is 3.81. The van der Waals surface area contributed by atoms with Crippen LogP contribution in [0.4, 0.5) is 0 Å². The van der Waals surface area contributed by atoms with Gasteiger partial charge in [-0.25, -0.2) is 0 Å². The van der Waals surface area contributed by atoms with E-state index in [4.69, 9.17) is 0 Å². The molecule has 2 rings (SSSR count). The van der Waals surface area contributed by atoms with Crippen molar-refractivity contribution in [3.8, 4) is 0 Å². The van der Waals surface area contributed by atoms with Gasteiger partial charge in [0.1, 0.15) is 0 Å². The smallest absolute Gasteiger partial charge is 0.00881 e. The number of hydrogen-bond acceptors (Lipinski definition) is 0. The van der Waals surface area contributed by atoms with Crippen LogP contribution >= 0.6 is 0 Å². The van der Waals surface area contributed by atoms with Gasteiger partial charge in [-0.15, -0.1) is 13.2 Å². The van der Waals surface area contributed by atoms with Crippen LogP contribution in [0.5, 0.6) is 0 Å². The van der Waals surface area contributed by atoms with Crippen molar-refractivity contribution < 1.29 is 0 Å². The van der Waals surface area contributed by atoms with Crippen LogP contribution in [0.3, 0.4) is 0 Å². The lowest BCUT2D eigenvalue weighted by Crippen LogP contribution is -1.95. The van der Waals surface area contributed by atoms with E-state index in [1.165, 1.54) is 22.3 Å². The normalized spacial score (nSPS) is 12.5. The summed E-state index contributed by atoms with van der Waals surface area (Å²) in [5, 5.41) is 0. The first kappa shape index (κ1) is 9.97. The van der Waals surface area contributed by atoms with E-state index in [2.05, 4.69) is 37.4 Å². The molecule has 15 heavy (non-hydrogen) atoms. The minimum absolute atomic E-state index is 0.949. The van der Waals surface area contributed by atoms with E-state index >= 15 is 0 Å². The van der Waals surface area contributed by atoms with Crippen molar-refractivity contribution in [2.75, 3.05) is 0 Å². The average molecular weight is 196 g/mol. The molecule has 0 fully saturated rings. The fourth-order valence-corrected chi connectivity index (χ4v) is 2.10. The number of allylic oxidation sites excluding steroid dienone is 3. The Kier molecular flexibility index (Phi) is 2.86. The van der Waals surface area contributed by atoms with Gasteiger partial charge in [0, 0.05) is 0 Å². The summed E-state index contributed by atoms with van der Waals surface area (Å²) >= 11 is 0. The van der Waals surface area contributed by atoms with Gasteiger partial charge < -0.3 is 0 Å². The van der Waals surface area contributed by atoms with Crippen LogP contribution in [0.1, 0.15) is 22.3 Å². The molecule has 0 spiro atoms. The van der Waals surface area contributed by atoms with Crippen LogP contribution in [0.15, 0.2) is 43.5 Å². The molecular formula is C15H16. The monoisotopic (exact) mass is 196 g/mol. The zero-order valence-corrected chi connectivity index (χ0v) is 9.00. The van der Waals surface area contributed by atoms with Crippen LogP contribution in [-0.2, 0) is 19.3 Å². The van der Waals surface area contributed by atoms with Crippen LogP contribution in [0, 0.1) is 0 Å². The Labute approximate surface area is 91.6 Å². The van der Waals surface area contributed by atoms with Gasteiger partial charge in [0.05, 0.1) is 0 Å². The third-order valence-corrected chi connectivity index (χ3v) is 2.83. The van der Waals surface area contributed by atoms with Gasteiger partial charge in [-0.3, -0.25) is 0 Å². The summed E-state index contributed by atoms with van der Waals surface area (Å²) in [7, 11) is 0. The van der Waals surface area contributed by atoms with Gasteiger partial charge in [-0.1, -0.05) is 36.4 Å². The Bertz CT molecular complexity index is 422. The number of fused-ring (bicyclic) bond motifs is 1.